The fourth-order valence-electron chi connectivity index (χ4n) is 3.97. The summed E-state index contributed by atoms with van der Waals surface area (Å²) < 4.78 is 19.4. The van der Waals surface area contributed by atoms with Gasteiger partial charge in [0.15, 0.2) is 5.78 Å². The van der Waals surface area contributed by atoms with Gasteiger partial charge in [-0.1, -0.05) is 31.7 Å². The van der Waals surface area contributed by atoms with Crippen LogP contribution in [0.1, 0.15) is 50.5 Å². The van der Waals surface area contributed by atoms with E-state index in [0.29, 0.717) is 31.7 Å². The molecule has 1 aliphatic heterocycles. The van der Waals surface area contributed by atoms with Gasteiger partial charge in [-0.2, -0.15) is 5.26 Å². The molecular formula is C20H23FN2O3. The van der Waals surface area contributed by atoms with Crippen LogP contribution in [0.3, 0.4) is 0 Å². The molecule has 6 heteroatoms. The van der Waals surface area contributed by atoms with Crippen molar-refractivity contribution in [3.8, 4) is 11.8 Å². The highest BCUT2D eigenvalue weighted by molar-refractivity contribution is 6.06. The Kier molecular flexibility index (Phi) is 5.55. The zero-order valence-corrected chi connectivity index (χ0v) is 14.7. The molecule has 0 aromatic heterocycles. The summed E-state index contributed by atoms with van der Waals surface area (Å²) in [6, 6.07) is 5.89. The number of ether oxygens (including phenoxy) is 1. The second kappa shape index (κ2) is 7.86. The molecule has 1 unspecified atom stereocenters. The van der Waals surface area contributed by atoms with Gasteiger partial charge in [0.2, 0.25) is 5.91 Å². The van der Waals surface area contributed by atoms with Crippen molar-refractivity contribution in [1.29, 1.82) is 5.26 Å². The maximum atomic E-state index is 13.8. The second-order valence-corrected chi connectivity index (χ2v) is 7.23. The fraction of sp³-hybridized carbons (Fsp3) is 0.550. The van der Waals surface area contributed by atoms with E-state index < -0.39 is 11.2 Å². The number of hydrogen-bond donors (Lipinski definition) is 1. The molecular weight excluding hydrogens is 335 g/mol. The number of halogens is 1. The van der Waals surface area contributed by atoms with Crippen LogP contribution in [0.25, 0.3) is 0 Å². The molecule has 1 saturated carbocycles. The normalized spacial score (nSPS) is 23.3. The number of Topliss-reactive ketones (excluding diaryl/α,β-unsaturated/α-hetero) is 1. The largest absolute Gasteiger partial charge is 0.490 e. The summed E-state index contributed by atoms with van der Waals surface area (Å²) in [7, 11) is 0. The lowest BCUT2D eigenvalue weighted by atomic mass is 9.74. The highest BCUT2D eigenvalue weighted by Crippen LogP contribution is 2.36. The second-order valence-electron chi connectivity index (χ2n) is 7.23. The van der Waals surface area contributed by atoms with Gasteiger partial charge in [0.1, 0.15) is 35.2 Å². The number of piperidine rings is 1. The first-order valence-corrected chi connectivity index (χ1v) is 9.20. The number of nitrogens with one attached hydrogen (secondary N) is 1. The molecule has 5 nitrogen and oxygen atoms in total. The van der Waals surface area contributed by atoms with E-state index in [1.807, 2.05) is 0 Å². The Hall–Kier alpha value is -2.42. The molecule has 1 aromatic carbocycles. The van der Waals surface area contributed by atoms with Crippen LogP contribution in [0.4, 0.5) is 4.39 Å². The summed E-state index contributed by atoms with van der Waals surface area (Å²) in [6.07, 6.45) is 5.79. The first-order chi connectivity index (χ1) is 12.6. The Balaban J connectivity index is 1.80. The lowest BCUT2D eigenvalue weighted by molar-refractivity contribution is -0.147. The number of benzene rings is 1. The Morgan fingerprint density at radius 1 is 1.35 bits per heavy atom. The number of amides is 1. The molecule has 0 spiro atoms. The van der Waals surface area contributed by atoms with Gasteiger partial charge in [-0.25, -0.2) is 4.39 Å². The van der Waals surface area contributed by atoms with Gasteiger partial charge in [0.05, 0.1) is 0 Å². The van der Waals surface area contributed by atoms with Crippen molar-refractivity contribution >= 4 is 11.7 Å². The molecule has 1 atom stereocenters. The van der Waals surface area contributed by atoms with E-state index in [4.69, 9.17) is 10.00 Å². The minimum absolute atomic E-state index is 0.0684. The van der Waals surface area contributed by atoms with E-state index in [1.54, 1.807) is 6.07 Å². The third-order valence-electron chi connectivity index (χ3n) is 5.54. The van der Waals surface area contributed by atoms with Crippen molar-refractivity contribution in [2.45, 2.75) is 44.9 Å². The first kappa shape index (κ1) is 18.4. The topological polar surface area (TPSA) is 79.2 Å². The molecule has 1 amide bonds. The number of rotatable bonds is 6. The molecule has 1 heterocycles. The van der Waals surface area contributed by atoms with E-state index >= 15 is 0 Å². The molecule has 2 aliphatic rings. The fourth-order valence-corrected chi connectivity index (χ4v) is 3.97. The molecule has 2 fully saturated rings. The van der Waals surface area contributed by atoms with Gasteiger partial charge >= 0.3 is 0 Å². The third kappa shape index (κ3) is 3.57. The maximum absolute atomic E-state index is 13.8. The van der Waals surface area contributed by atoms with Crippen LogP contribution in [0.2, 0.25) is 0 Å². The zero-order valence-electron chi connectivity index (χ0n) is 14.7. The number of carbonyl (C=O) groups is 2. The van der Waals surface area contributed by atoms with Crippen molar-refractivity contribution in [3.05, 3.63) is 29.6 Å². The molecule has 1 N–H and O–H groups in total. The molecule has 1 aliphatic carbocycles. The Labute approximate surface area is 152 Å². The van der Waals surface area contributed by atoms with Crippen molar-refractivity contribution in [1.82, 2.24) is 5.32 Å². The summed E-state index contributed by atoms with van der Waals surface area (Å²) in [5, 5.41) is 11.9. The predicted octanol–water partition coefficient (Wildman–Crippen LogP) is 3.12. The van der Waals surface area contributed by atoms with Gasteiger partial charge < -0.3 is 10.1 Å². The molecule has 0 bridgehead atoms. The lowest BCUT2D eigenvalue weighted by Crippen LogP contribution is -2.54. The highest BCUT2D eigenvalue weighted by atomic mass is 19.1. The Morgan fingerprint density at radius 2 is 2.12 bits per heavy atom. The summed E-state index contributed by atoms with van der Waals surface area (Å²) >= 11 is 0. The lowest BCUT2D eigenvalue weighted by Gasteiger charge is -2.35. The molecule has 0 radical (unpaired) electrons. The number of nitrogens with zero attached hydrogens (tertiary/aromatic N) is 1. The van der Waals surface area contributed by atoms with E-state index in [9.17, 15) is 14.0 Å². The average molecular weight is 358 g/mol. The van der Waals surface area contributed by atoms with Crippen LogP contribution in [0.15, 0.2) is 18.2 Å². The molecule has 138 valence electrons. The minimum atomic E-state index is -1.25. The first-order valence-electron chi connectivity index (χ1n) is 9.20. The van der Waals surface area contributed by atoms with Crippen LogP contribution >= 0.6 is 0 Å². The quantitative estimate of drug-likeness (QED) is 0.793. The van der Waals surface area contributed by atoms with E-state index in [1.165, 1.54) is 18.2 Å². The van der Waals surface area contributed by atoms with Crippen molar-refractivity contribution < 1.29 is 18.7 Å². The van der Waals surface area contributed by atoms with Crippen molar-refractivity contribution in [2.24, 2.45) is 11.3 Å². The third-order valence-corrected chi connectivity index (χ3v) is 5.54. The number of ketones is 1. The molecule has 3 rings (SSSR count). The molecule has 1 aromatic rings. The zero-order chi connectivity index (χ0) is 18.6. The molecule has 26 heavy (non-hydrogen) atoms. The van der Waals surface area contributed by atoms with Gasteiger partial charge in [0.25, 0.3) is 0 Å². The number of nitriles is 1. The van der Waals surface area contributed by atoms with E-state index in [0.717, 1.165) is 25.7 Å². The monoisotopic (exact) mass is 358 g/mol. The van der Waals surface area contributed by atoms with Gasteiger partial charge in [0, 0.05) is 13.0 Å². The summed E-state index contributed by atoms with van der Waals surface area (Å²) in [6.45, 7) is 0.378. The maximum Gasteiger partial charge on any atom is 0.237 e. The Bertz CT molecular complexity index is 737. The Morgan fingerprint density at radius 3 is 2.81 bits per heavy atom. The van der Waals surface area contributed by atoms with E-state index in [-0.39, 0.29) is 29.6 Å². The number of hydrogen-bond acceptors (Lipinski definition) is 4. The predicted molar refractivity (Wildman–Crippen MR) is 92.9 cm³/mol. The minimum Gasteiger partial charge on any atom is -0.490 e. The van der Waals surface area contributed by atoms with Gasteiger partial charge in [-0.3, -0.25) is 9.59 Å². The van der Waals surface area contributed by atoms with Crippen LogP contribution in [0, 0.1) is 28.5 Å². The van der Waals surface area contributed by atoms with Crippen LogP contribution in [0.5, 0.6) is 5.75 Å². The van der Waals surface area contributed by atoms with Crippen LogP contribution < -0.4 is 10.1 Å². The van der Waals surface area contributed by atoms with Gasteiger partial charge in [-0.05, 0) is 30.9 Å². The number of carbonyl (C=O) groups excluding carboxylic acids is 2. The summed E-state index contributed by atoms with van der Waals surface area (Å²) in [4.78, 5) is 25.7. The highest BCUT2D eigenvalue weighted by Gasteiger charge is 2.48. The van der Waals surface area contributed by atoms with Crippen molar-refractivity contribution in [2.75, 3.05) is 13.2 Å². The van der Waals surface area contributed by atoms with Crippen molar-refractivity contribution in [3.63, 3.8) is 0 Å². The summed E-state index contributed by atoms with van der Waals surface area (Å²) in [5.41, 5.74) is -1.46. The standard InChI is InChI=1S/C20H23FN2O3/c21-16-7-3-8-17(15(16)12-22)26-13-20(9-4-10-23-19(20)25)18(24)11-14-5-1-2-6-14/h3,7-8,14H,1-2,4-6,9-11,13H2,(H,23,25). The average Bonchev–Trinajstić information content (AvgIpc) is 3.14. The molecule has 1 saturated heterocycles. The van der Waals surface area contributed by atoms with Gasteiger partial charge in [-0.15, -0.1) is 0 Å². The SMILES string of the molecule is N#Cc1c(F)cccc1OCC1(C(=O)CC2CCCC2)CCCNC1=O. The van der Waals surface area contributed by atoms with Crippen LogP contribution in [-0.2, 0) is 9.59 Å². The van der Waals surface area contributed by atoms with Crippen LogP contribution in [-0.4, -0.2) is 24.8 Å². The van der Waals surface area contributed by atoms with E-state index in [2.05, 4.69) is 5.32 Å². The summed E-state index contributed by atoms with van der Waals surface area (Å²) in [5.74, 6) is -0.695. The smallest absolute Gasteiger partial charge is 0.237 e.